The third-order valence-corrected chi connectivity index (χ3v) is 3.69. The molecule has 0 fully saturated rings. The van der Waals surface area contributed by atoms with Crippen LogP contribution in [0.5, 0.6) is 5.75 Å². The molecule has 0 aromatic heterocycles. The lowest BCUT2D eigenvalue weighted by Gasteiger charge is -2.23. The number of ether oxygens (including phenoxy) is 2. The summed E-state index contributed by atoms with van der Waals surface area (Å²) in [5, 5.41) is 0. The summed E-state index contributed by atoms with van der Waals surface area (Å²) in [6.45, 7) is 6.38. The molecular formula is C14H21IO3Si. The molecule has 0 amide bonds. The zero-order chi connectivity index (χ0) is 14.5. The fourth-order valence-electron chi connectivity index (χ4n) is 1.47. The Hall–Kier alpha value is -0.563. The normalized spacial score (nSPS) is 11.4. The molecule has 0 bridgehead atoms. The lowest BCUT2D eigenvalue weighted by molar-refractivity contribution is 0.0492. The summed E-state index contributed by atoms with van der Waals surface area (Å²) < 4.78 is 12.1. The maximum absolute atomic E-state index is 12.0. The van der Waals surface area contributed by atoms with Crippen molar-refractivity contribution in [1.82, 2.24) is 0 Å². The lowest BCUT2D eigenvalue weighted by Crippen LogP contribution is -2.24. The van der Waals surface area contributed by atoms with Crippen LogP contribution in [0, 0.1) is 3.57 Å². The topological polar surface area (TPSA) is 35.5 Å². The number of hydrogen-bond donors (Lipinski definition) is 0. The number of hydrogen-bond acceptors (Lipinski definition) is 3. The van der Waals surface area contributed by atoms with Gasteiger partial charge in [0.15, 0.2) is 0 Å². The van der Waals surface area contributed by atoms with Gasteiger partial charge in [-0.3, -0.25) is 0 Å². The molecule has 106 valence electrons. The minimum Gasteiger partial charge on any atom is -0.487 e. The number of benzene rings is 1. The second kappa shape index (κ2) is 7.28. The average molecular weight is 392 g/mol. The maximum atomic E-state index is 12.0. The highest BCUT2D eigenvalue weighted by Crippen LogP contribution is 2.26. The number of rotatable bonds is 5. The molecule has 1 rings (SSSR count). The molecule has 0 saturated carbocycles. The van der Waals surface area contributed by atoms with E-state index in [0.29, 0.717) is 17.9 Å². The van der Waals surface area contributed by atoms with E-state index in [2.05, 4.69) is 22.6 Å². The number of esters is 1. The number of halogens is 1. The quantitative estimate of drug-likeness (QED) is 0.335. The van der Waals surface area contributed by atoms with Crippen molar-refractivity contribution >= 4 is 38.8 Å². The van der Waals surface area contributed by atoms with Crippen LogP contribution < -0.4 is 4.74 Å². The van der Waals surface area contributed by atoms with E-state index in [9.17, 15) is 4.79 Å². The van der Waals surface area contributed by atoms with E-state index in [1.165, 1.54) is 0 Å². The number of carbonyl (C=O) groups is 1. The van der Waals surface area contributed by atoms with Crippen molar-refractivity contribution in [2.45, 2.75) is 38.8 Å². The molecular weight excluding hydrogens is 371 g/mol. The van der Waals surface area contributed by atoms with Gasteiger partial charge in [-0.25, -0.2) is 4.79 Å². The van der Waals surface area contributed by atoms with Gasteiger partial charge in [-0.1, -0.05) is 6.04 Å². The molecule has 0 aliphatic carbocycles. The summed E-state index contributed by atoms with van der Waals surface area (Å²) in [6, 6.07) is 6.67. The molecule has 0 atom stereocenters. The van der Waals surface area contributed by atoms with Gasteiger partial charge in [-0.2, -0.15) is 0 Å². The first-order valence-electron chi connectivity index (χ1n) is 6.49. The second-order valence-corrected chi connectivity index (χ2v) is 7.59. The first-order valence-corrected chi connectivity index (χ1v) is 8.98. The fourth-order valence-corrected chi connectivity index (χ4v) is 2.22. The van der Waals surface area contributed by atoms with E-state index in [1.54, 1.807) is 6.07 Å². The van der Waals surface area contributed by atoms with Gasteiger partial charge in [0, 0.05) is 13.8 Å². The van der Waals surface area contributed by atoms with Gasteiger partial charge in [0.25, 0.3) is 0 Å². The molecule has 0 spiro atoms. The molecule has 3 nitrogen and oxygen atoms in total. The average Bonchev–Trinajstić information content (AvgIpc) is 2.27. The summed E-state index contributed by atoms with van der Waals surface area (Å²) in [4.78, 5) is 12.0. The molecule has 0 aliphatic rings. The highest BCUT2D eigenvalue weighted by molar-refractivity contribution is 14.1. The lowest BCUT2D eigenvalue weighted by atomic mass is 10.1. The van der Waals surface area contributed by atoms with E-state index in [-0.39, 0.29) is 11.6 Å². The minimum absolute atomic E-state index is 0.300. The van der Waals surface area contributed by atoms with Gasteiger partial charge in [0.05, 0.1) is 6.61 Å². The van der Waals surface area contributed by atoms with Crippen molar-refractivity contribution < 1.29 is 14.3 Å². The minimum atomic E-state index is -0.339. The molecule has 0 N–H and O–H groups in total. The van der Waals surface area contributed by atoms with Crippen LogP contribution in [0.3, 0.4) is 0 Å². The summed E-state index contributed by atoms with van der Waals surface area (Å²) in [5.74, 6) is 0.293. The van der Waals surface area contributed by atoms with E-state index in [0.717, 1.165) is 26.3 Å². The van der Waals surface area contributed by atoms with Crippen LogP contribution >= 0.6 is 22.6 Å². The first kappa shape index (κ1) is 16.5. The summed E-state index contributed by atoms with van der Waals surface area (Å²) in [5.41, 5.74) is 0.165. The van der Waals surface area contributed by atoms with Crippen molar-refractivity contribution in [1.29, 1.82) is 0 Å². The Labute approximate surface area is 131 Å². The van der Waals surface area contributed by atoms with Crippen molar-refractivity contribution in [3.8, 4) is 5.75 Å². The molecule has 0 aliphatic heterocycles. The Morgan fingerprint density at radius 1 is 1.37 bits per heavy atom. The van der Waals surface area contributed by atoms with Crippen molar-refractivity contribution in [3.63, 3.8) is 0 Å². The highest BCUT2D eigenvalue weighted by atomic mass is 127. The van der Waals surface area contributed by atoms with E-state index >= 15 is 0 Å². The zero-order valence-electron chi connectivity index (χ0n) is 12.0. The molecule has 19 heavy (non-hydrogen) atoms. The largest absolute Gasteiger partial charge is 0.487 e. The standard InChI is InChI=1S/C14H21IO3Si/c1-14(2,3)18-12-9-10(15)5-6-11(12)13(16)17-7-4-8-19/h5-6,9H,4,7-8H2,1-3,19H3. The van der Waals surface area contributed by atoms with E-state index < -0.39 is 0 Å². The third kappa shape index (κ3) is 5.95. The Kier molecular flexibility index (Phi) is 6.32. The monoisotopic (exact) mass is 392 g/mol. The fraction of sp³-hybridized carbons (Fsp3) is 0.500. The van der Waals surface area contributed by atoms with Gasteiger partial charge in [0.1, 0.15) is 16.9 Å². The molecule has 0 heterocycles. The SMILES string of the molecule is CC(C)(C)Oc1cc(I)ccc1C(=O)OCCC[SiH3]. The highest BCUT2D eigenvalue weighted by Gasteiger charge is 2.19. The van der Waals surface area contributed by atoms with Gasteiger partial charge >= 0.3 is 5.97 Å². The van der Waals surface area contributed by atoms with Crippen molar-refractivity contribution in [3.05, 3.63) is 27.3 Å². The van der Waals surface area contributed by atoms with E-state index in [4.69, 9.17) is 9.47 Å². The Morgan fingerprint density at radius 2 is 2.05 bits per heavy atom. The smallest absolute Gasteiger partial charge is 0.341 e. The zero-order valence-corrected chi connectivity index (χ0v) is 16.1. The van der Waals surface area contributed by atoms with E-state index in [1.807, 2.05) is 32.9 Å². The Bertz CT molecular complexity index is 441. The van der Waals surface area contributed by atoms with Crippen LogP contribution in [0.15, 0.2) is 18.2 Å². The summed E-state index contributed by atoms with van der Waals surface area (Å²) in [7, 11) is 1.14. The molecule has 0 radical (unpaired) electrons. The van der Waals surface area contributed by atoms with Crippen LogP contribution in [-0.4, -0.2) is 28.4 Å². The summed E-state index contributed by atoms with van der Waals surface area (Å²) >= 11 is 2.20. The number of carbonyl (C=O) groups excluding carboxylic acids is 1. The van der Waals surface area contributed by atoms with Crippen molar-refractivity contribution in [2.75, 3.05) is 6.61 Å². The van der Waals surface area contributed by atoms with Gasteiger partial charge < -0.3 is 9.47 Å². The Morgan fingerprint density at radius 3 is 2.63 bits per heavy atom. The summed E-state index contributed by atoms with van der Waals surface area (Å²) in [6.07, 6.45) is 0.942. The molecule has 0 unspecified atom stereocenters. The molecule has 1 aromatic rings. The van der Waals surface area contributed by atoms with Gasteiger partial charge in [-0.15, -0.1) is 0 Å². The second-order valence-electron chi connectivity index (χ2n) is 5.34. The van der Waals surface area contributed by atoms with Crippen LogP contribution in [0.25, 0.3) is 0 Å². The molecule has 1 aromatic carbocycles. The molecule has 5 heteroatoms. The van der Waals surface area contributed by atoms with Crippen molar-refractivity contribution in [2.24, 2.45) is 0 Å². The molecule has 0 saturated heterocycles. The van der Waals surface area contributed by atoms with Gasteiger partial charge in [0.2, 0.25) is 0 Å². The predicted molar refractivity (Wildman–Crippen MR) is 89.2 cm³/mol. The predicted octanol–water partition coefficient (Wildman–Crippen LogP) is 2.80. The van der Waals surface area contributed by atoms with Crippen LogP contribution in [0.1, 0.15) is 37.6 Å². The van der Waals surface area contributed by atoms with Crippen LogP contribution in [0.2, 0.25) is 6.04 Å². The van der Waals surface area contributed by atoms with Crippen LogP contribution in [-0.2, 0) is 4.74 Å². The maximum Gasteiger partial charge on any atom is 0.341 e. The van der Waals surface area contributed by atoms with Crippen LogP contribution in [0.4, 0.5) is 0 Å². The first-order chi connectivity index (χ1) is 8.83. The Balaban J connectivity index is 2.90. The van der Waals surface area contributed by atoms with Gasteiger partial charge in [-0.05, 0) is 68.0 Å². The third-order valence-electron chi connectivity index (χ3n) is 2.31.